The van der Waals surface area contributed by atoms with Crippen molar-refractivity contribution in [3.8, 4) is 22.6 Å². The molecule has 2 N–H and O–H groups in total. The van der Waals surface area contributed by atoms with E-state index in [-0.39, 0.29) is 26.9 Å². The maximum atomic E-state index is 13.5. The summed E-state index contributed by atoms with van der Waals surface area (Å²) < 4.78 is 38.8. The predicted molar refractivity (Wildman–Crippen MR) is 145 cm³/mol. The fourth-order valence-electron chi connectivity index (χ4n) is 4.76. The van der Waals surface area contributed by atoms with Gasteiger partial charge in [-0.2, -0.15) is 0 Å². The minimum absolute atomic E-state index is 0. The molecule has 198 valence electrons. The van der Waals surface area contributed by atoms with Gasteiger partial charge in [-0.1, -0.05) is 36.4 Å². The molecule has 37 heavy (non-hydrogen) atoms. The van der Waals surface area contributed by atoms with Crippen LogP contribution in [0, 0.1) is 6.92 Å². The minimum atomic E-state index is -3.77. The number of ether oxygens (including phenoxy) is 2. The van der Waals surface area contributed by atoms with Crippen molar-refractivity contribution in [2.24, 2.45) is 0 Å². The van der Waals surface area contributed by atoms with Crippen LogP contribution >= 0.6 is 0 Å². The normalized spacial score (nSPS) is 16.0. The third-order valence-corrected chi connectivity index (χ3v) is 8.87. The molecule has 0 aromatic heterocycles. The van der Waals surface area contributed by atoms with Crippen molar-refractivity contribution < 1.29 is 30.6 Å². The monoisotopic (exact) mass is 525 g/mol. The molecule has 0 saturated heterocycles. The van der Waals surface area contributed by atoms with Crippen LogP contribution in [0.5, 0.6) is 11.5 Å². The summed E-state index contributed by atoms with van der Waals surface area (Å²) in [4.78, 5) is 13.6. The second-order valence-corrected chi connectivity index (χ2v) is 12.3. The Morgan fingerprint density at radius 3 is 2.41 bits per heavy atom. The van der Waals surface area contributed by atoms with Gasteiger partial charge >= 0.3 is 0 Å². The molecule has 1 aliphatic heterocycles. The van der Waals surface area contributed by atoms with Crippen molar-refractivity contribution in [3.63, 3.8) is 0 Å². The molecule has 5 rings (SSSR count). The summed E-state index contributed by atoms with van der Waals surface area (Å²) in [5.41, 5.74) is 3.30. The van der Waals surface area contributed by atoms with Gasteiger partial charge in [-0.05, 0) is 85.7 Å². The van der Waals surface area contributed by atoms with E-state index in [0.29, 0.717) is 17.9 Å². The van der Waals surface area contributed by atoms with E-state index >= 15 is 0 Å². The first-order valence-corrected chi connectivity index (χ1v) is 13.8. The van der Waals surface area contributed by atoms with Crippen molar-refractivity contribution in [2.45, 2.75) is 55.9 Å². The van der Waals surface area contributed by atoms with Crippen molar-refractivity contribution in [1.82, 2.24) is 4.72 Å². The molecule has 3 aromatic rings. The first-order chi connectivity index (χ1) is 17.5. The van der Waals surface area contributed by atoms with Gasteiger partial charge < -0.3 is 14.6 Å². The molecule has 1 fully saturated rings. The fourth-order valence-corrected chi connectivity index (χ4v) is 6.17. The van der Waals surface area contributed by atoms with Crippen LogP contribution in [0.15, 0.2) is 65.6 Å². The summed E-state index contributed by atoms with van der Waals surface area (Å²) in [5, 5.41) is 9.41. The Labute approximate surface area is 220 Å². The Balaban J connectivity index is 0.00000210. The Kier molecular flexibility index (Phi) is 6.38. The number of aliphatic hydroxyl groups excluding tert-OH is 1. The second-order valence-electron chi connectivity index (χ2n) is 10.6. The number of Topliss-reactive ketones (excluding diaryl/α,β-unsaturated/α-hetero) is 1. The van der Waals surface area contributed by atoms with E-state index in [2.05, 4.69) is 4.72 Å². The fraction of sp³-hybridized carbons (Fsp3) is 0.345. The van der Waals surface area contributed by atoms with Crippen molar-refractivity contribution in [2.75, 3.05) is 13.4 Å². The quantitative estimate of drug-likeness (QED) is 0.417. The van der Waals surface area contributed by atoms with Gasteiger partial charge in [-0.3, -0.25) is 4.79 Å². The zero-order valence-corrected chi connectivity index (χ0v) is 22.0. The standard InChI is InChI=1S/C29H31NO6S.2H2/c1-19-4-5-20(15-27(32)29(12-13-29)22-8-11-25-26(16-22)36-18-35-25)14-24(19)21-6-9-23(10-7-21)37(33,34)30-28(2,3)17-31;;/h4-11,14,16,30-31H,12-13,15,17-18H2,1-3H3;2*1H. The molecule has 1 heterocycles. The van der Waals surface area contributed by atoms with E-state index in [1.54, 1.807) is 38.1 Å². The lowest BCUT2D eigenvalue weighted by atomic mass is 9.87. The van der Waals surface area contributed by atoms with Crippen LogP contribution in [-0.4, -0.2) is 38.2 Å². The van der Waals surface area contributed by atoms with Gasteiger partial charge in [0.2, 0.25) is 16.8 Å². The number of aliphatic hydroxyl groups is 1. The lowest BCUT2D eigenvalue weighted by Gasteiger charge is -2.23. The molecule has 0 bridgehead atoms. The molecule has 8 heteroatoms. The number of hydrogen-bond donors (Lipinski definition) is 2. The van der Waals surface area contributed by atoms with Crippen molar-refractivity contribution >= 4 is 15.8 Å². The van der Waals surface area contributed by atoms with Crippen LogP contribution in [0.1, 0.15) is 46.2 Å². The molecule has 7 nitrogen and oxygen atoms in total. The van der Waals surface area contributed by atoms with E-state index in [0.717, 1.165) is 40.7 Å². The van der Waals surface area contributed by atoms with Gasteiger partial charge in [0.1, 0.15) is 5.78 Å². The molecule has 0 radical (unpaired) electrons. The van der Waals surface area contributed by atoms with Gasteiger partial charge in [0.25, 0.3) is 0 Å². The predicted octanol–water partition coefficient (Wildman–Crippen LogP) is 4.78. The maximum Gasteiger partial charge on any atom is 0.241 e. The third kappa shape index (κ3) is 5.01. The number of ketones is 1. The zero-order valence-electron chi connectivity index (χ0n) is 21.2. The smallest absolute Gasteiger partial charge is 0.241 e. The largest absolute Gasteiger partial charge is 0.454 e. The van der Waals surface area contributed by atoms with Crippen molar-refractivity contribution in [3.05, 3.63) is 77.4 Å². The lowest BCUT2D eigenvalue weighted by molar-refractivity contribution is -0.120. The average molecular weight is 526 g/mol. The highest BCUT2D eigenvalue weighted by atomic mass is 32.2. The number of hydrogen-bond acceptors (Lipinski definition) is 6. The molecule has 0 spiro atoms. The van der Waals surface area contributed by atoms with Crippen molar-refractivity contribution in [1.29, 1.82) is 0 Å². The lowest BCUT2D eigenvalue weighted by Crippen LogP contribution is -2.46. The number of aryl methyl sites for hydroxylation is 1. The third-order valence-electron chi connectivity index (χ3n) is 7.16. The number of carbonyl (C=O) groups excluding carboxylic acids is 1. The van der Waals surface area contributed by atoms with Gasteiger partial charge in [0, 0.05) is 9.27 Å². The highest BCUT2D eigenvalue weighted by Gasteiger charge is 2.50. The van der Waals surface area contributed by atoms with E-state index in [1.807, 2.05) is 43.3 Å². The van der Waals surface area contributed by atoms with Crippen LogP contribution in [0.4, 0.5) is 0 Å². The van der Waals surface area contributed by atoms with E-state index in [9.17, 15) is 18.3 Å². The SMILES string of the molecule is Cc1ccc(CC(=O)C2(c3ccc4c(c3)OCO4)CC2)cc1-c1ccc(S(=O)(=O)NC(C)(C)CO)cc1.[HH].[HH]. The summed E-state index contributed by atoms with van der Waals surface area (Å²) in [6.07, 6.45) is 1.96. The number of sulfonamides is 1. The highest BCUT2D eigenvalue weighted by molar-refractivity contribution is 7.89. The molecular weight excluding hydrogens is 490 g/mol. The Bertz CT molecular complexity index is 1470. The summed E-state index contributed by atoms with van der Waals surface area (Å²) in [7, 11) is -3.77. The molecule has 1 saturated carbocycles. The molecule has 1 aliphatic carbocycles. The Morgan fingerprint density at radius 2 is 1.73 bits per heavy atom. The highest BCUT2D eigenvalue weighted by Crippen LogP contribution is 2.51. The van der Waals surface area contributed by atoms with Gasteiger partial charge in [0.05, 0.1) is 22.5 Å². The van der Waals surface area contributed by atoms with Crippen LogP contribution in [0.3, 0.4) is 0 Å². The van der Waals surface area contributed by atoms with E-state index in [1.165, 1.54) is 0 Å². The number of benzene rings is 3. The van der Waals surface area contributed by atoms with Crippen LogP contribution < -0.4 is 14.2 Å². The average Bonchev–Trinajstić information content (AvgIpc) is 3.55. The van der Waals surface area contributed by atoms with E-state index in [4.69, 9.17) is 9.47 Å². The minimum Gasteiger partial charge on any atom is -0.454 e. The first-order valence-electron chi connectivity index (χ1n) is 12.3. The maximum absolute atomic E-state index is 13.5. The van der Waals surface area contributed by atoms with Crippen LogP contribution in [-0.2, 0) is 26.7 Å². The Morgan fingerprint density at radius 1 is 1.03 bits per heavy atom. The topological polar surface area (TPSA) is 102 Å². The number of nitrogens with one attached hydrogen (secondary N) is 1. The van der Waals surface area contributed by atoms with Crippen LogP contribution in [0.2, 0.25) is 0 Å². The van der Waals surface area contributed by atoms with E-state index < -0.39 is 21.0 Å². The van der Waals surface area contributed by atoms with Gasteiger partial charge in [0.15, 0.2) is 11.5 Å². The summed E-state index contributed by atoms with van der Waals surface area (Å²) in [6.45, 7) is 5.12. The number of fused-ring (bicyclic) bond motifs is 1. The van der Waals surface area contributed by atoms with Gasteiger partial charge in [-0.15, -0.1) is 0 Å². The Hall–Kier alpha value is -3.20. The molecule has 0 unspecified atom stereocenters. The molecule has 2 aliphatic rings. The van der Waals surface area contributed by atoms with Gasteiger partial charge in [-0.25, -0.2) is 13.1 Å². The number of rotatable bonds is 9. The summed E-state index contributed by atoms with van der Waals surface area (Å²) in [6, 6.07) is 18.4. The number of carbonyl (C=O) groups is 1. The first kappa shape index (κ1) is 25.4. The second kappa shape index (κ2) is 9.28. The summed E-state index contributed by atoms with van der Waals surface area (Å²) in [5.74, 6) is 1.58. The molecule has 0 amide bonds. The molecule has 3 aromatic carbocycles. The molecule has 0 atom stereocenters. The zero-order chi connectivity index (χ0) is 26.4. The van der Waals surface area contributed by atoms with Crippen LogP contribution in [0.25, 0.3) is 11.1 Å². The summed E-state index contributed by atoms with van der Waals surface area (Å²) >= 11 is 0. The molecular formula is C29H35NO6S.